The predicted molar refractivity (Wildman–Crippen MR) is 99.7 cm³/mol. The van der Waals surface area contributed by atoms with Gasteiger partial charge in [0, 0.05) is 13.1 Å². The Morgan fingerprint density at radius 2 is 1.62 bits per heavy atom. The molecule has 5 heteroatoms. The van der Waals surface area contributed by atoms with E-state index in [0.29, 0.717) is 6.54 Å². The van der Waals surface area contributed by atoms with Gasteiger partial charge in [-0.2, -0.15) is 0 Å². The molecule has 0 amide bonds. The van der Waals surface area contributed by atoms with Crippen LogP contribution in [0.1, 0.15) is 59.6 Å². The van der Waals surface area contributed by atoms with Gasteiger partial charge in [-0.05, 0) is 49.7 Å². The van der Waals surface area contributed by atoms with E-state index in [4.69, 9.17) is 14.4 Å². The molecule has 0 atom stereocenters. The van der Waals surface area contributed by atoms with Crippen molar-refractivity contribution in [1.82, 2.24) is 5.32 Å². The van der Waals surface area contributed by atoms with Gasteiger partial charge in [0.25, 0.3) is 0 Å². The Kier molecular flexibility index (Phi) is 5.50. The molecule has 1 aliphatic rings. The summed E-state index contributed by atoms with van der Waals surface area (Å²) in [6, 6.07) is 6.55. The summed E-state index contributed by atoms with van der Waals surface area (Å²) in [7, 11) is -0.353. The normalized spacial score (nSPS) is 19.8. The Bertz CT molecular complexity index is 562. The minimum absolute atomic E-state index is 0.0470. The number of hydrogen-bond acceptors (Lipinski definition) is 4. The predicted octanol–water partition coefficient (Wildman–Crippen LogP) is 2.37. The molecular weight excluding hydrogens is 301 g/mol. The Balaban J connectivity index is 2.34. The van der Waals surface area contributed by atoms with E-state index in [-0.39, 0.29) is 30.3 Å². The third kappa shape index (κ3) is 4.20. The Morgan fingerprint density at radius 3 is 2.12 bits per heavy atom. The SMILES string of the molecule is CC(C)(C)c1cc(CNCCO)cc(B2OC(C)(C)C(C)(C)O2)c1. The Labute approximate surface area is 147 Å². The Morgan fingerprint density at radius 1 is 1.04 bits per heavy atom. The van der Waals surface area contributed by atoms with Crippen LogP contribution in [0.2, 0.25) is 0 Å². The lowest BCUT2D eigenvalue weighted by Gasteiger charge is -2.32. The zero-order chi connectivity index (χ0) is 18.2. The molecule has 2 rings (SSSR count). The number of benzene rings is 1. The summed E-state index contributed by atoms with van der Waals surface area (Å²) in [5, 5.41) is 12.2. The second-order valence-electron chi connectivity index (χ2n) is 8.70. The van der Waals surface area contributed by atoms with Crippen molar-refractivity contribution >= 4 is 12.6 Å². The van der Waals surface area contributed by atoms with Crippen molar-refractivity contribution in [3.63, 3.8) is 0 Å². The van der Waals surface area contributed by atoms with Crippen LogP contribution in [0, 0.1) is 0 Å². The van der Waals surface area contributed by atoms with E-state index in [1.165, 1.54) is 11.1 Å². The number of rotatable bonds is 5. The maximum Gasteiger partial charge on any atom is 0.494 e. The summed E-state index contributed by atoms with van der Waals surface area (Å²) in [6.45, 7) is 16.4. The van der Waals surface area contributed by atoms with E-state index in [1.54, 1.807) is 0 Å². The van der Waals surface area contributed by atoms with Crippen LogP contribution in [-0.4, -0.2) is 36.6 Å². The molecule has 1 aromatic carbocycles. The van der Waals surface area contributed by atoms with Crippen LogP contribution in [0.3, 0.4) is 0 Å². The molecule has 1 heterocycles. The molecule has 0 aliphatic carbocycles. The molecule has 0 unspecified atom stereocenters. The van der Waals surface area contributed by atoms with Gasteiger partial charge in [0.15, 0.2) is 0 Å². The largest absolute Gasteiger partial charge is 0.494 e. The van der Waals surface area contributed by atoms with Crippen molar-refractivity contribution in [3.8, 4) is 0 Å². The van der Waals surface area contributed by atoms with Crippen LogP contribution in [0.4, 0.5) is 0 Å². The monoisotopic (exact) mass is 333 g/mol. The number of nitrogens with one attached hydrogen (secondary N) is 1. The zero-order valence-electron chi connectivity index (χ0n) is 16.2. The fourth-order valence-corrected chi connectivity index (χ4v) is 2.68. The minimum Gasteiger partial charge on any atom is -0.399 e. The summed E-state index contributed by atoms with van der Waals surface area (Å²) in [5.41, 5.74) is 2.86. The highest BCUT2D eigenvalue weighted by Gasteiger charge is 2.51. The molecule has 0 aromatic heterocycles. The second-order valence-corrected chi connectivity index (χ2v) is 8.70. The van der Waals surface area contributed by atoms with Crippen molar-refractivity contribution < 1.29 is 14.4 Å². The van der Waals surface area contributed by atoms with Gasteiger partial charge in [0.05, 0.1) is 17.8 Å². The van der Waals surface area contributed by atoms with Gasteiger partial charge in [0.2, 0.25) is 0 Å². The van der Waals surface area contributed by atoms with Crippen molar-refractivity contribution in [2.24, 2.45) is 0 Å². The molecule has 0 saturated carbocycles. The number of hydrogen-bond donors (Lipinski definition) is 2. The molecular formula is C19H32BNO3. The molecule has 2 N–H and O–H groups in total. The second kappa shape index (κ2) is 6.79. The molecule has 0 radical (unpaired) electrons. The van der Waals surface area contributed by atoms with Gasteiger partial charge < -0.3 is 19.7 Å². The molecule has 1 saturated heterocycles. The first-order valence-corrected chi connectivity index (χ1v) is 8.78. The maximum absolute atomic E-state index is 8.97. The van der Waals surface area contributed by atoms with Gasteiger partial charge >= 0.3 is 7.12 Å². The van der Waals surface area contributed by atoms with Crippen molar-refractivity contribution in [2.75, 3.05) is 13.2 Å². The van der Waals surface area contributed by atoms with Crippen LogP contribution < -0.4 is 10.8 Å². The average molecular weight is 333 g/mol. The first-order chi connectivity index (χ1) is 11.0. The lowest BCUT2D eigenvalue weighted by atomic mass is 9.74. The van der Waals surface area contributed by atoms with E-state index in [2.05, 4.69) is 72.0 Å². The van der Waals surface area contributed by atoms with Gasteiger partial charge in [-0.1, -0.05) is 39.0 Å². The molecule has 1 aliphatic heterocycles. The average Bonchev–Trinajstić information content (AvgIpc) is 2.66. The standard InChI is InChI=1S/C19H32BNO3/c1-17(2,3)15-10-14(13-21-8-9-22)11-16(12-15)20-23-18(4,5)19(6,7)24-20/h10-12,21-22H,8-9,13H2,1-7H3. The quantitative estimate of drug-likeness (QED) is 0.642. The molecule has 24 heavy (non-hydrogen) atoms. The van der Waals surface area contributed by atoms with Crippen molar-refractivity contribution in [2.45, 2.75) is 71.6 Å². The highest BCUT2D eigenvalue weighted by molar-refractivity contribution is 6.62. The van der Waals surface area contributed by atoms with Crippen molar-refractivity contribution in [1.29, 1.82) is 0 Å². The molecule has 134 valence electrons. The third-order valence-corrected chi connectivity index (χ3v) is 5.02. The van der Waals surface area contributed by atoms with Crippen LogP contribution in [0.5, 0.6) is 0 Å². The lowest BCUT2D eigenvalue weighted by Crippen LogP contribution is -2.41. The summed E-state index contributed by atoms with van der Waals surface area (Å²) < 4.78 is 12.4. The molecule has 4 nitrogen and oxygen atoms in total. The topological polar surface area (TPSA) is 50.7 Å². The van der Waals surface area contributed by atoms with Gasteiger partial charge in [-0.3, -0.25) is 0 Å². The molecule has 0 spiro atoms. The molecule has 1 aromatic rings. The van der Waals surface area contributed by atoms with Gasteiger partial charge in [-0.15, -0.1) is 0 Å². The van der Waals surface area contributed by atoms with E-state index in [1.807, 2.05) is 0 Å². The fraction of sp³-hybridized carbons (Fsp3) is 0.684. The smallest absolute Gasteiger partial charge is 0.399 e. The first-order valence-electron chi connectivity index (χ1n) is 8.78. The molecule has 0 bridgehead atoms. The van der Waals surface area contributed by atoms with Crippen LogP contribution >= 0.6 is 0 Å². The maximum atomic E-state index is 8.97. The van der Waals surface area contributed by atoms with Gasteiger partial charge in [-0.25, -0.2) is 0 Å². The Hall–Kier alpha value is -0.875. The van der Waals surface area contributed by atoms with Crippen LogP contribution in [0.25, 0.3) is 0 Å². The van der Waals surface area contributed by atoms with E-state index >= 15 is 0 Å². The summed E-state index contributed by atoms with van der Waals surface area (Å²) in [4.78, 5) is 0. The summed E-state index contributed by atoms with van der Waals surface area (Å²) >= 11 is 0. The first kappa shape index (κ1) is 19.4. The minimum atomic E-state index is -0.353. The van der Waals surface area contributed by atoms with Crippen LogP contribution in [0.15, 0.2) is 18.2 Å². The highest BCUT2D eigenvalue weighted by Crippen LogP contribution is 2.36. The van der Waals surface area contributed by atoms with Crippen LogP contribution in [-0.2, 0) is 21.3 Å². The summed E-state index contributed by atoms with van der Waals surface area (Å²) in [5.74, 6) is 0. The van der Waals surface area contributed by atoms with E-state index < -0.39 is 0 Å². The van der Waals surface area contributed by atoms with E-state index in [9.17, 15) is 0 Å². The lowest BCUT2D eigenvalue weighted by molar-refractivity contribution is 0.00578. The van der Waals surface area contributed by atoms with E-state index in [0.717, 1.165) is 12.0 Å². The third-order valence-electron chi connectivity index (χ3n) is 5.02. The van der Waals surface area contributed by atoms with Crippen molar-refractivity contribution in [3.05, 3.63) is 29.3 Å². The number of aliphatic hydroxyl groups is 1. The molecule has 1 fully saturated rings. The highest BCUT2D eigenvalue weighted by atomic mass is 16.7. The zero-order valence-corrected chi connectivity index (χ0v) is 16.2. The fourth-order valence-electron chi connectivity index (χ4n) is 2.68. The number of aliphatic hydroxyl groups excluding tert-OH is 1. The van der Waals surface area contributed by atoms with Gasteiger partial charge in [0.1, 0.15) is 0 Å². The summed E-state index contributed by atoms with van der Waals surface area (Å²) in [6.07, 6.45) is 0.